The number of allylic oxidation sites excluding steroid dienone is 9. The van der Waals surface area contributed by atoms with E-state index in [2.05, 4.69) is 67.8 Å². The first-order chi connectivity index (χ1) is 25.8. The molecule has 0 aromatic heterocycles. The zero-order valence-electron chi connectivity index (χ0n) is 34.4. The van der Waals surface area contributed by atoms with E-state index < -0.39 is 28.0 Å². The van der Waals surface area contributed by atoms with Crippen LogP contribution in [0.15, 0.2) is 60.8 Å². The molecule has 7 heteroatoms. The number of hydrogen-bond acceptors (Lipinski definition) is 4. The van der Waals surface area contributed by atoms with Crippen LogP contribution in [0.5, 0.6) is 0 Å². The van der Waals surface area contributed by atoms with Crippen LogP contribution in [0.3, 0.4) is 0 Å². The fourth-order valence-corrected chi connectivity index (χ4v) is 7.07. The van der Waals surface area contributed by atoms with Crippen LogP contribution < -0.4 is 5.32 Å². The highest BCUT2D eigenvalue weighted by Crippen LogP contribution is 2.13. The molecule has 308 valence electrons. The normalized spacial score (nSPS) is 13.8. The van der Waals surface area contributed by atoms with Crippen LogP contribution in [0.1, 0.15) is 206 Å². The third-order valence-corrected chi connectivity index (χ3v) is 10.4. The topological polar surface area (TPSA) is 104 Å². The van der Waals surface area contributed by atoms with Crippen molar-refractivity contribution in [3.63, 3.8) is 0 Å². The molecule has 0 aliphatic carbocycles. The smallest absolute Gasteiger partial charge is 0.267 e. The zero-order valence-corrected chi connectivity index (χ0v) is 35.2. The first-order valence-electron chi connectivity index (χ1n) is 22.0. The van der Waals surface area contributed by atoms with Gasteiger partial charge in [0.15, 0.2) is 0 Å². The van der Waals surface area contributed by atoms with Gasteiger partial charge in [-0.15, -0.1) is 0 Å². The van der Waals surface area contributed by atoms with Gasteiger partial charge in [0.25, 0.3) is 10.1 Å². The molecule has 0 spiro atoms. The average Bonchev–Trinajstić information content (AvgIpc) is 3.12. The third kappa shape index (κ3) is 41.1. The maximum atomic E-state index is 12.5. The van der Waals surface area contributed by atoms with Gasteiger partial charge in [-0.25, -0.2) is 0 Å². The van der Waals surface area contributed by atoms with Crippen molar-refractivity contribution in [2.24, 2.45) is 0 Å². The fraction of sp³-hybridized carbons (Fsp3) is 0.761. The summed E-state index contributed by atoms with van der Waals surface area (Å²) in [6, 6.07) is -1.08. The molecule has 2 atom stereocenters. The van der Waals surface area contributed by atoms with Gasteiger partial charge in [-0.3, -0.25) is 9.35 Å². The summed E-state index contributed by atoms with van der Waals surface area (Å²) in [6.07, 6.45) is 54.9. The molecular weight excluding hydrogens is 679 g/mol. The SMILES string of the molecule is CCCCCCC/C=C\C/C=C\CCCCCCCCCCCC(=O)NC(CS(=O)(=O)O)C(O)/C=C/CC/C=C/CC/C=C/CCCCCCCCC. The van der Waals surface area contributed by atoms with Gasteiger partial charge in [0.05, 0.1) is 17.9 Å². The van der Waals surface area contributed by atoms with Crippen molar-refractivity contribution in [1.29, 1.82) is 0 Å². The lowest BCUT2D eigenvalue weighted by Gasteiger charge is -2.21. The van der Waals surface area contributed by atoms with Gasteiger partial charge in [0.1, 0.15) is 0 Å². The van der Waals surface area contributed by atoms with E-state index in [1.165, 1.54) is 134 Å². The number of amides is 1. The van der Waals surface area contributed by atoms with E-state index in [4.69, 9.17) is 0 Å². The maximum absolute atomic E-state index is 12.5. The maximum Gasteiger partial charge on any atom is 0.267 e. The van der Waals surface area contributed by atoms with Crippen LogP contribution in [0, 0.1) is 0 Å². The molecule has 0 aromatic carbocycles. The number of rotatable bonds is 39. The lowest BCUT2D eigenvalue weighted by molar-refractivity contribution is -0.122. The summed E-state index contributed by atoms with van der Waals surface area (Å²) < 4.78 is 32.5. The Kier molecular flexibility index (Phi) is 38.3. The second kappa shape index (κ2) is 39.7. The van der Waals surface area contributed by atoms with Crippen molar-refractivity contribution in [3.05, 3.63) is 60.8 Å². The van der Waals surface area contributed by atoms with Gasteiger partial charge in [-0.1, -0.05) is 184 Å². The van der Waals surface area contributed by atoms with Crippen molar-refractivity contribution in [2.45, 2.75) is 219 Å². The minimum atomic E-state index is -4.36. The van der Waals surface area contributed by atoms with Gasteiger partial charge >= 0.3 is 0 Å². The van der Waals surface area contributed by atoms with E-state index in [0.717, 1.165) is 51.4 Å². The van der Waals surface area contributed by atoms with E-state index >= 15 is 0 Å². The molecule has 0 heterocycles. The van der Waals surface area contributed by atoms with Gasteiger partial charge in [-0.2, -0.15) is 8.42 Å². The Morgan fingerprint density at radius 3 is 1.30 bits per heavy atom. The summed E-state index contributed by atoms with van der Waals surface area (Å²) in [5.41, 5.74) is 0. The summed E-state index contributed by atoms with van der Waals surface area (Å²) in [5, 5.41) is 13.2. The van der Waals surface area contributed by atoms with Crippen LogP contribution in [0.2, 0.25) is 0 Å². The van der Waals surface area contributed by atoms with Crippen molar-refractivity contribution >= 4 is 16.0 Å². The average molecular weight is 762 g/mol. The Morgan fingerprint density at radius 2 is 0.868 bits per heavy atom. The lowest BCUT2D eigenvalue weighted by Crippen LogP contribution is -2.46. The second-order valence-corrected chi connectivity index (χ2v) is 16.4. The molecular formula is C46H83NO5S. The first-order valence-corrected chi connectivity index (χ1v) is 23.6. The van der Waals surface area contributed by atoms with Gasteiger partial charge in [0.2, 0.25) is 5.91 Å². The van der Waals surface area contributed by atoms with Crippen molar-refractivity contribution in [1.82, 2.24) is 5.32 Å². The first kappa shape index (κ1) is 51.0. The standard InChI is InChI=1S/C46H83NO5S/c1-3-5-7-9-11-13-15-17-19-21-22-23-24-26-28-30-32-34-36-38-40-42-46(49)47-44(43-53(50,51)52)45(48)41-39-37-35-33-31-29-27-25-20-18-16-14-12-10-8-6-4-2/h15,17,20-22,25,31,33,39,41,44-45,48H,3-14,16,18-19,23-24,26-30,32,34-38,40,42-43H2,1-2H3,(H,47,49)(H,50,51,52)/b17-15-,22-21-,25-20+,33-31+,41-39+. The van der Waals surface area contributed by atoms with E-state index in [1.54, 1.807) is 6.08 Å². The van der Waals surface area contributed by atoms with Crippen LogP contribution in [0.4, 0.5) is 0 Å². The summed E-state index contributed by atoms with van der Waals surface area (Å²) in [6.45, 7) is 4.51. The quantitative estimate of drug-likeness (QED) is 0.0329. The molecule has 3 N–H and O–H groups in total. The Labute approximate surface area is 328 Å². The van der Waals surface area contributed by atoms with Gasteiger partial charge in [0, 0.05) is 6.42 Å². The minimum absolute atomic E-state index is 0.278. The van der Waals surface area contributed by atoms with Crippen LogP contribution in [-0.4, -0.2) is 41.9 Å². The second-order valence-electron chi connectivity index (χ2n) is 15.0. The molecule has 0 radical (unpaired) electrons. The highest BCUT2D eigenvalue weighted by molar-refractivity contribution is 7.85. The van der Waals surface area contributed by atoms with Crippen molar-refractivity contribution in [2.75, 3.05) is 5.75 Å². The molecule has 6 nitrogen and oxygen atoms in total. The Bertz CT molecular complexity index is 1060. The molecule has 53 heavy (non-hydrogen) atoms. The molecule has 0 aliphatic rings. The van der Waals surface area contributed by atoms with Crippen LogP contribution >= 0.6 is 0 Å². The largest absolute Gasteiger partial charge is 0.387 e. The van der Waals surface area contributed by atoms with Crippen LogP contribution in [-0.2, 0) is 14.9 Å². The van der Waals surface area contributed by atoms with E-state index in [0.29, 0.717) is 6.42 Å². The van der Waals surface area contributed by atoms with Crippen molar-refractivity contribution < 1.29 is 22.9 Å². The lowest BCUT2D eigenvalue weighted by atomic mass is 10.1. The number of unbranched alkanes of at least 4 members (excludes halogenated alkanes) is 23. The molecule has 0 saturated heterocycles. The van der Waals surface area contributed by atoms with E-state index in [-0.39, 0.29) is 12.3 Å². The monoisotopic (exact) mass is 762 g/mol. The van der Waals surface area contributed by atoms with E-state index in [1.807, 2.05) is 0 Å². The minimum Gasteiger partial charge on any atom is -0.387 e. The van der Waals surface area contributed by atoms with Crippen LogP contribution in [0.25, 0.3) is 0 Å². The summed E-state index contributed by atoms with van der Waals surface area (Å²) in [4.78, 5) is 12.5. The molecule has 1 amide bonds. The Morgan fingerprint density at radius 1 is 0.509 bits per heavy atom. The Balaban J connectivity index is 3.96. The number of nitrogens with one attached hydrogen (secondary N) is 1. The number of carbonyl (C=O) groups excluding carboxylic acids is 1. The zero-order chi connectivity index (χ0) is 38.9. The molecule has 0 fully saturated rings. The summed E-state index contributed by atoms with van der Waals surface area (Å²) in [7, 11) is -4.36. The predicted molar refractivity (Wildman–Crippen MR) is 230 cm³/mol. The summed E-state index contributed by atoms with van der Waals surface area (Å²) >= 11 is 0. The molecule has 0 saturated carbocycles. The van der Waals surface area contributed by atoms with Gasteiger partial charge in [-0.05, 0) is 77.0 Å². The molecule has 2 unspecified atom stereocenters. The number of hydrogen-bond donors (Lipinski definition) is 3. The molecule has 0 aromatic rings. The van der Waals surface area contributed by atoms with E-state index in [9.17, 15) is 22.9 Å². The summed E-state index contributed by atoms with van der Waals surface area (Å²) in [5.74, 6) is -1.02. The molecule has 0 aliphatic heterocycles. The Hall–Kier alpha value is -1.96. The third-order valence-electron chi connectivity index (χ3n) is 9.64. The number of aliphatic hydroxyl groups is 1. The fourth-order valence-electron chi connectivity index (χ4n) is 6.33. The number of carbonyl (C=O) groups is 1. The number of aliphatic hydroxyl groups excluding tert-OH is 1. The van der Waals surface area contributed by atoms with Crippen molar-refractivity contribution in [3.8, 4) is 0 Å². The highest BCUT2D eigenvalue weighted by Gasteiger charge is 2.24. The molecule has 0 rings (SSSR count). The molecule has 0 bridgehead atoms. The highest BCUT2D eigenvalue weighted by atomic mass is 32.2. The predicted octanol–water partition coefficient (Wildman–Crippen LogP) is 13.2. The van der Waals surface area contributed by atoms with Gasteiger partial charge < -0.3 is 10.4 Å².